The third-order valence-electron chi connectivity index (χ3n) is 6.99. The topological polar surface area (TPSA) is 129 Å². The Labute approximate surface area is 206 Å². The number of fused-ring (bicyclic) bond motifs is 2. The lowest BCUT2D eigenvalue weighted by molar-refractivity contribution is -0.932. The summed E-state index contributed by atoms with van der Waals surface area (Å²) >= 11 is 0. The number of aliphatic hydroxyl groups is 1. The number of quaternary nitrogens is 1. The van der Waals surface area contributed by atoms with Gasteiger partial charge in [-0.05, 0) is 40.3 Å². The van der Waals surface area contributed by atoms with E-state index in [1.165, 1.54) is 0 Å². The molecular weight excluding hydrogens is 464 g/mol. The molecule has 0 radical (unpaired) electrons. The van der Waals surface area contributed by atoms with Crippen molar-refractivity contribution in [3.8, 4) is 17.2 Å². The number of tetrazole rings is 1. The van der Waals surface area contributed by atoms with Gasteiger partial charge < -0.3 is 29.2 Å². The van der Waals surface area contributed by atoms with E-state index in [9.17, 15) is 9.90 Å². The van der Waals surface area contributed by atoms with E-state index in [1.807, 2.05) is 36.4 Å². The van der Waals surface area contributed by atoms with Crippen molar-refractivity contribution >= 4 is 10.9 Å². The molecule has 3 N–H and O–H groups in total. The number of hydrogen-bond donors (Lipinski definition) is 3. The lowest BCUT2D eigenvalue weighted by Crippen LogP contribution is -3.14. The maximum atomic E-state index is 13.4. The molecule has 2 aliphatic rings. The number of nitrogens with zero attached hydrogens (tertiary/aromatic N) is 4. The Bertz CT molecular complexity index is 1440. The van der Waals surface area contributed by atoms with E-state index in [0.717, 1.165) is 21.6 Å². The molecule has 1 fully saturated rings. The van der Waals surface area contributed by atoms with Crippen LogP contribution in [0.5, 0.6) is 17.2 Å². The summed E-state index contributed by atoms with van der Waals surface area (Å²) in [5.41, 5.74) is 2.04. The molecule has 6 rings (SSSR count). The molecule has 186 valence electrons. The Hall–Kier alpha value is -3.96. The third kappa shape index (κ3) is 4.16. The SMILES string of the molecule is COc1ccc(Cn2nnnc2[C@H](c2cc3cc4c(cc3[nH]c2=O)OCO4)[NH+]2CCC(O)CC2)cc1. The number of pyridine rings is 1. The normalized spacial score (nSPS) is 19.9. The van der Waals surface area contributed by atoms with E-state index in [0.29, 0.717) is 60.9 Å². The maximum Gasteiger partial charge on any atom is 0.258 e. The average molecular weight is 492 g/mol. The minimum absolute atomic E-state index is 0.158. The van der Waals surface area contributed by atoms with Crippen LogP contribution in [0.3, 0.4) is 0 Å². The highest BCUT2D eigenvalue weighted by atomic mass is 16.7. The molecule has 36 heavy (non-hydrogen) atoms. The van der Waals surface area contributed by atoms with Crippen molar-refractivity contribution in [2.45, 2.75) is 31.5 Å². The van der Waals surface area contributed by atoms with E-state index < -0.39 is 6.04 Å². The standard InChI is InChI=1S/C25H26N6O5/c1-34-18-4-2-15(3-5-18)13-31-24(27-28-29-31)23(30-8-6-17(32)7-9-30)19-10-16-11-21-22(36-14-35-21)12-20(16)26-25(19)33/h2-5,10-12,17,23,32H,6-9,13-14H2,1H3,(H,26,33)/p+1/t23-/m0/s1. The van der Waals surface area contributed by atoms with Crippen LogP contribution in [0.1, 0.15) is 35.8 Å². The van der Waals surface area contributed by atoms with Gasteiger partial charge in [-0.15, -0.1) is 5.10 Å². The number of benzene rings is 2. The summed E-state index contributed by atoms with van der Waals surface area (Å²) in [6.45, 7) is 1.99. The zero-order valence-electron chi connectivity index (χ0n) is 19.8. The smallest absolute Gasteiger partial charge is 0.258 e. The molecule has 2 aromatic carbocycles. The largest absolute Gasteiger partial charge is 0.497 e. The number of nitrogens with one attached hydrogen (secondary N) is 2. The first-order valence-corrected chi connectivity index (χ1v) is 12.0. The molecule has 1 atom stereocenters. The van der Waals surface area contributed by atoms with E-state index in [-0.39, 0.29) is 18.5 Å². The van der Waals surface area contributed by atoms with Crippen molar-refractivity contribution in [1.82, 2.24) is 25.2 Å². The summed E-state index contributed by atoms with van der Waals surface area (Å²) in [5.74, 6) is 2.63. The van der Waals surface area contributed by atoms with Gasteiger partial charge in [-0.25, -0.2) is 4.68 Å². The predicted octanol–water partition coefficient (Wildman–Crippen LogP) is 0.429. The van der Waals surface area contributed by atoms with Gasteiger partial charge >= 0.3 is 0 Å². The van der Waals surface area contributed by atoms with Crippen LogP contribution in [-0.4, -0.2) is 63.4 Å². The van der Waals surface area contributed by atoms with Gasteiger partial charge in [0, 0.05) is 24.3 Å². The van der Waals surface area contributed by atoms with Crippen molar-refractivity contribution in [2.75, 3.05) is 27.0 Å². The fraction of sp³-hybridized carbons (Fsp3) is 0.360. The summed E-state index contributed by atoms with van der Waals surface area (Å²) in [6.07, 6.45) is 0.964. The van der Waals surface area contributed by atoms with Gasteiger partial charge in [-0.1, -0.05) is 12.1 Å². The molecule has 0 aliphatic carbocycles. The first-order valence-electron chi connectivity index (χ1n) is 12.0. The highest BCUT2D eigenvalue weighted by Gasteiger charge is 2.36. The maximum absolute atomic E-state index is 13.4. The van der Waals surface area contributed by atoms with Crippen LogP contribution in [0, 0.1) is 0 Å². The van der Waals surface area contributed by atoms with E-state index in [2.05, 4.69) is 20.5 Å². The molecule has 2 aromatic heterocycles. The fourth-order valence-electron chi connectivity index (χ4n) is 5.07. The average Bonchev–Trinajstić information content (AvgIpc) is 3.54. The highest BCUT2D eigenvalue weighted by molar-refractivity contribution is 5.83. The number of aliphatic hydroxyl groups excluding tert-OH is 1. The molecule has 0 spiro atoms. The number of H-pyrrole nitrogens is 1. The molecule has 4 aromatic rings. The summed E-state index contributed by atoms with van der Waals surface area (Å²) in [4.78, 5) is 17.6. The molecular formula is C25H27N6O5+. The first kappa shape index (κ1) is 22.5. The van der Waals surface area contributed by atoms with Gasteiger partial charge in [0.05, 0.1) is 43.9 Å². The highest BCUT2D eigenvalue weighted by Crippen LogP contribution is 2.35. The Kier molecular flexibility index (Phi) is 5.78. The Balaban J connectivity index is 1.43. The zero-order valence-corrected chi connectivity index (χ0v) is 19.8. The van der Waals surface area contributed by atoms with Crippen LogP contribution in [0.4, 0.5) is 0 Å². The van der Waals surface area contributed by atoms with Gasteiger partial charge in [0.2, 0.25) is 12.6 Å². The lowest BCUT2D eigenvalue weighted by atomic mass is 9.99. The van der Waals surface area contributed by atoms with Gasteiger partial charge in [-0.2, -0.15) is 0 Å². The number of aromatic amines is 1. The van der Waals surface area contributed by atoms with Crippen molar-refractivity contribution in [2.24, 2.45) is 0 Å². The van der Waals surface area contributed by atoms with Gasteiger partial charge in [0.1, 0.15) is 5.75 Å². The number of hydrogen-bond acceptors (Lipinski definition) is 8. The predicted molar refractivity (Wildman–Crippen MR) is 128 cm³/mol. The first-order chi connectivity index (χ1) is 17.6. The number of ether oxygens (including phenoxy) is 3. The molecule has 4 heterocycles. The third-order valence-corrected chi connectivity index (χ3v) is 6.99. The Morgan fingerprint density at radius 3 is 2.67 bits per heavy atom. The number of aromatic nitrogens is 5. The monoisotopic (exact) mass is 491 g/mol. The lowest BCUT2D eigenvalue weighted by Gasteiger charge is -2.32. The second kappa shape index (κ2) is 9.25. The van der Waals surface area contributed by atoms with Crippen molar-refractivity contribution < 1.29 is 24.2 Å². The minimum Gasteiger partial charge on any atom is -0.497 e. The summed E-state index contributed by atoms with van der Waals surface area (Å²) in [6, 6.07) is 12.9. The Morgan fingerprint density at radius 1 is 1.17 bits per heavy atom. The van der Waals surface area contributed by atoms with Crippen molar-refractivity contribution in [3.05, 3.63) is 69.8 Å². The molecule has 2 aliphatic heterocycles. The Morgan fingerprint density at radius 2 is 1.92 bits per heavy atom. The second-order valence-corrected chi connectivity index (χ2v) is 9.21. The number of methoxy groups -OCH3 is 1. The van der Waals surface area contributed by atoms with Crippen LogP contribution in [0.2, 0.25) is 0 Å². The van der Waals surface area contributed by atoms with Crippen LogP contribution >= 0.6 is 0 Å². The number of rotatable bonds is 6. The molecule has 0 amide bonds. The van der Waals surface area contributed by atoms with Gasteiger partial charge in [0.15, 0.2) is 17.5 Å². The summed E-state index contributed by atoms with van der Waals surface area (Å²) < 4.78 is 18.0. The van der Waals surface area contributed by atoms with E-state index in [4.69, 9.17) is 14.2 Å². The molecule has 0 saturated carbocycles. The molecule has 11 nitrogen and oxygen atoms in total. The quantitative estimate of drug-likeness (QED) is 0.354. The number of likely N-dealkylation sites (tertiary alicyclic amines) is 1. The van der Waals surface area contributed by atoms with Crippen LogP contribution in [0.25, 0.3) is 10.9 Å². The van der Waals surface area contributed by atoms with Crippen molar-refractivity contribution in [3.63, 3.8) is 0 Å². The zero-order chi connectivity index (χ0) is 24.6. The minimum atomic E-state index is -0.413. The van der Waals surface area contributed by atoms with Gasteiger partial charge in [0.25, 0.3) is 5.56 Å². The van der Waals surface area contributed by atoms with Crippen LogP contribution < -0.4 is 24.7 Å². The molecule has 0 bridgehead atoms. The molecule has 0 unspecified atom stereocenters. The summed E-state index contributed by atoms with van der Waals surface area (Å²) in [5, 5.41) is 23.6. The number of piperidine rings is 1. The van der Waals surface area contributed by atoms with Crippen molar-refractivity contribution in [1.29, 1.82) is 0 Å². The van der Waals surface area contributed by atoms with Gasteiger partial charge in [-0.3, -0.25) is 4.79 Å². The van der Waals surface area contributed by atoms with E-state index >= 15 is 0 Å². The van der Waals surface area contributed by atoms with Crippen LogP contribution in [-0.2, 0) is 6.54 Å². The van der Waals surface area contributed by atoms with E-state index in [1.54, 1.807) is 17.9 Å². The molecule has 1 saturated heterocycles. The summed E-state index contributed by atoms with van der Waals surface area (Å²) in [7, 11) is 1.63. The second-order valence-electron chi connectivity index (χ2n) is 9.21. The van der Waals surface area contributed by atoms with Crippen LogP contribution in [0.15, 0.2) is 47.3 Å². The fourth-order valence-corrected chi connectivity index (χ4v) is 5.07. The molecule has 11 heteroatoms.